The van der Waals surface area contributed by atoms with Crippen LogP contribution in [0.2, 0.25) is 10.0 Å². The molecule has 0 saturated heterocycles. The number of nitrogens with zero attached hydrogens (tertiary/aromatic N) is 4. The molecule has 4 aromatic rings. The summed E-state index contributed by atoms with van der Waals surface area (Å²) < 4.78 is 7.21. The monoisotopic (exact) mass is 422 g/mol. The van der Waals surface area contributed by atoms with Gasteiger partial charge in [0.25, 0.3) is 0 Å². The van der Waals surface area contributed by atoms with E-state index in [1.807, 2.05) is 29.6 Å². The van der Waals surface area contributed by atoms with Crippen LogP contribution in [0.3, 0.4) is 0 Å². The van der Waals surface area contributed by atoms with Crippen LogP contribution in [-0.4, -0.2) is 26.7 Å². The van der Waals surface area contributed by atoms with Crippen molar-refractivity contribution in [1.82, 2.24) is 19.6 Å². The van der Waals surface area contributed by atoms with Crippen molar-refractivity contribution in [3.8, 4) is 16.3 Å². The smallest absolute Gasteiger partial charge is 0.196 e. The summed E-state index contributed by atoms with van der Waals surface area (Å²) in [4.78, 5) is 4.71. The van der Waals surface area contributed by atoms with E-state index < -0.39 is 0 Å². The number of thiazole rings is 1. The number of hydrogen-bond donors (Lipinski definition) is 0. The largest absolute Gasteiger partial charge is 0.496 e. The van der Waals surface area contributed by atoms with E-state index in [-0.39, 0.29) is 0 Å². The molecule has 132 valence electrons. The molecule has 26 heavy (non-hydrogen) atoms. The molecule has 0 amide bonds. The lowest BCUT2D eigenvalue weighted by atomic mass is 10.2. The van der Waals surface area contributed by atoms with Gasteiger partial charge in [-0.3, -0.25) is 4.40 Å². The Labute approximate surface area is 168 Å². The number of halogens is 2. The van der Waals surface area contributed by atoms with E-state index in [0.717, 1.165) is 27.2 Å². The van der Waals surface area contributed by atoms with Crippen LogP contribution < -0.4 is 4.74 Å². The molecule has 0 spiro atoms. The number of hydrogen-bond acceptors (Lipinski definition) is 6. The van der Waals surface area contributed by atoms with Gasteiger partial charge < -0.3 is 4.74 Å². The molecule has 0 radical (unpaired) electrons. The third-order valence-electron chi connectivity index (χ3n) is 3.63. The van der Waals surface area contributed by atoms with Crippen LogP contribution in [0, 0.1) is 0 Å². The molecule has 4 rings (SSSR count). The van der Waals surface area contributed by atoms with Gasteiger partial charge in [0.2, 0.25) is 0 Å². The summed E-state index contributed by atoms with van der Waals surface area (Å²) in [5, 5.41) is 13.0. The zero-order chi connectivity index (χ0) is 18.1. The Morgan fingerprint density at radius 1 is 1.23 bits per heavy atom. The maximum Gasteiger partial charge on any atom is 0.196 e. The molecule has 0 aliphatic carbocycles. The normalized spacial score (nSPS) is 11.2. The lowest BCUT2D eigenvalue weighted by molar-refractivity contribution is 0.416. The number of thioether (sulfide) groups is 1. The van der Waals surface area contributed by atoms with Gasteiger partial charge in [0.05, 0.1) is 28.4 Å². The van der Waals surface area contributed by atoms with Gasteiger partial charge in [-0.05, 0) is 18.2 Å². The van der Waals surface area contributed by atoms with E-state index in [1.54, 1.807) is 35.1 Å². The highest BCUT2D eigenvalue weighted by molar-refractivity contribution is 7.98. The van der Waals surface area contributed by atoms with Crippen LogP contribution in [0.4, 0.5) is 0 Å². The van der Waals surface area contributed by atoms with E-state index >= 15 is 0 Å². The van der Waals surface area contributed by atoms with Gasteiger partial charge in [-0.25, -0.2) is 4.98 Å². The van der Waals surface area contributed by atoms with Crippen molar-refractivity contribution in [2.75, 3.05) is 7.11 Å². The van der Waals surface area contributed by atoms with Gasteiger partial charge in [0.1, 0.15) is 10.8 Å². The first kappa shape index (κ1) is 17.6. The van der Waals surface area contributed by atoms with Crippen molar-refractivity contribution in [2.45, 2.75) is 10.9 Å². The van der Waals surface area contributed by atoms with Crippen LogP contribution in [0.25, 0.3) is 16.2 Å². The third-order valence-corrected chi connectivity index (χ3v) is 6.02. The molecule has 0 saturated carbocycles. The second-order valence-corrected chi connectivity index (χ2v) is 7.96. The Morgan fingerprint density at radius 3 is 2.92 bits per heavy atom. The zero-order valence-electron chi connectivity index (χ0n) is 13.5. The number of fused-ring (bicyclic) bond motifs is 1. The molecule has 0 N–H and O–H groups in total. The van der Waals surface area contributed by atoms with E-state index in [4.69, 9.17) is 32.9 Å². The van der Waals surface area contributed by atoms with Crippen molar-refractivity contribution < 1.29 is 4.74 Å². The number of methoxy groups -OCH3 is 1. The number of benzene rings is 1. The molecule has 1 aromatic carbocycles. The third kappa shape index (κ3) is 3.40. The van der Waals surface area contributed by atoms with Gasteiger partial charge in [-0.2, -0.15) is 0 Å². The minimum absolute atomic E-state index is 0.476. The molecular formula is C17H12Cl2N4OS2. The maximum absolute atomic E-state index is 6.15. The Bertz CT molecular complexity index is 1080. The number of para-hydroxylation sites is 1. The summed E-state index contributed by atoms with van der Waals surface area (Å²) in [6.45, 7) is 0. The minimum Gasteiger partial charge on any atom is -0.496 e. The topological polar surface area (TPSA) is 52.3 Å². The molecule has 0 bridgehead atoms. The van der Waals surface area contributed by atoms with Gasteiger partial charge in [-0.1, -0.05) is 47.1 Å². The summed E-state index contributed by atoms with van der Waals surface area (Å²) in [5.41, 5.74) is 2.54. The first-order chi connectivity index (χ1) is 12.7. The van der Waals surface area contributed by atoms with Crippen molar-refractivity contribution >= 4 is 51.9 Å². The fraction of sp³-hybridized carbons (Fsp3) is 0.118. The van der Waals surface area contributed by atoms with Gasteiger partial charge in [0, 0.05) is 17.3 Å². The second kappa shape index (κ2) is 7.44. The summed E-state index contributed by atoms with van der Waals surface area (Å²) in [6.07, 6.45) is 1.76. The minimum atomic E-state index is 0.476. The second-order valence-electron chi connectivity index (χ2n) is 5.32. The molecular weight excluding hydrogens is 411 g/mol. The van der Waals surface area contributed by atoms with Crippen molar-refractivity contribution in [3.63, 3.8) is 0 Å². The fourth-order valence-corrected chi connectivity index (χ4v) is 4.72. The molecule has 0 aliphatic rings. The molecule has 3 aromatic heterocycles. The predicted octanol–water partition coefficient (Wildman–Crippen LogP) is 5.46. The highest BCUT2D eigenvalue weighted by atomic mass is 35.5. The number of ether oxygens (including phenoxy) is 1. The molecule has 0 unspecified atom stereocenters. The van der Waals surface area contributed by atoms with Crippen LogP contribution in [0.15, 0.2) is 47.1 Å². The quantitative estimate of drug-likeness (QED) is 0.399. The first-order valence-corrected chi connectivity index (χ1v) is 10.2. The van der Waals surface area contributed by atoms with Crippen LogP contribution >= 0.6 is 46.3 Å². The number of pyridine rings is 1. The van der Waals surface area contributed by atoms with Crippen molar-refractivity contribution in [3.05, 3.63) is 57.6 Å². The van der Waals surface area contributed by atoms with Gasteiger partial charge in [0.15, 0.2) is 10.8 Å². The molecule has 0 fully saturated rings. The lowest BCUT2D eigenvalue weighted by Crippen LogP contribution is -1.90. The van der Waals surface area contributed by atoms with E-state index in [1.165, 1.54) is 11.8 Å². The Balaban J connectivity index is 1.56. The van der Waals surface area contributed by atoms with Crippen LogP contribution in [0.5, 0.6) is 5.75 Å². The summed E-state index contributed by atoms with van der Waals surface area (Å²) in [5.74, 6) is 1.48. The highest BCUT2D eigenvalue weighted by Gasteiger charge is 2.13. The molecule has 3 heterocycles. The zero-order valence-corrected chi connectivity index (χ0v) is 16.7. The summed E-state index contributed by atoms with van der Waals surface area (Å²) in [7, 11) is 1.66. The summed E-state index contributed by atoms with van der Waals surface area (Å²) in [6, 6.07) is 9.51. The molecule has 5 nitrogen and oxygen atoms in total. The number of rotatable bonds is 5. The van der Waals surface area contributed by atoms with Crippen molar-refractivity contribution in [2.24, 2.45) is 0 Å². The Hall–Kier alpha value is -1.80. The van der Waals surface area contributed by atoms with Gasteiger partial charge >= 0.3 is 0 Å². The fourth-order valence-electron chi connectivity index (χ4n) is 2.46. The Kier molecular flexibility index (Phi) is 5.04. The number of aromatic nitrogens is 4. The molecule has 9 heteroatoms. The van der Waals surface area contributed by atoms with Gasteiger partial charge in [-0.15, -0.1) is 21.5 Å². The maximum atomic E-state index is 6.15. The van der Waals surface area contributed by atoms with E-state index in [2.05, 4.69) is 10.2 Å². The SMILES string of the molecule is COc1ccccc1-c1nc(CSc2nnc3c(Cl)cc(Cl)cn23)cs1. The van der Waals surface area contributed by atoms with Crippen LogP contribution in [-0.2, 0) is 5.75 Å². The van der Waals surface area contributed by atoms with E-state index in [9.17, 15) is 0 Å². The lowest BCUT2D eigenvalue weighted by Gasteiger charge is -2.04. The van der Waals surface area contributed by atoms with E-state index in [0.29, 0.717) is 21.4 Å². The first-order valence-electron chi connectivity index (χ1n) is 7.56. The molecule has 0 aliphatic heterocycles. The average Bonchev–Trinajstić information content (AvgIpc) is 3.27. The van der Waals surface area contributed by atoms with Crippen LogP contribution in [0.1, 0.15) is 5.69 Å². The Morgan fingerprint density at radius 2 is 2.08 bits per heavy atom. The average molecular weight is 423 g/mol. The standard InChI is InChI=1S/C17H12Cl2N4OS2/c1-24-14-5-3-2-4-12(14)16-20-11(8-25-16)9-26-17-22-21-15-13(19)6-10(18)7-23(15)17/h2-8H,9H2,1H3. The predicted molar refractivity (Wildman–Crippen MR) is 107 cm³/mol. The van der Waals surface area contributed by atoms with Crippen molar-refractivity contribution in [1.29, 1.82) is 0 Å². The highest BCUT2D eigenvalue weighted by Crippen LogP contribution is 2.33. The summed E-state index contributed by atoms with van der Waals surface area (Å²) >= 11 is 15.3. The molecule has 0 atom stereocenters.